The molecule has 98 valence electrons. The molecule has 1 atom stereocenters. The SMILES string of the molecule is CC1(C)CCCCC1NC(=O)NC(=O)CCCl. The van der Waals surface area contributed by atoms with E-state index in [2.05, 4.69) is 24.5 Å². The van der Waals surface area contributed by atoms with Gasteiger partial charge in [-0.15, -0.1) is 11.6 Å². The van der Waals surface area contributed by atoms with E-state index in [1.165, 1.54) is 6.42 Å². The van der Waals surface area contributed by atoms with Crippen LogP contribution in [0.4, 0.5) is 4.79 Å². The van der Waals surface area contributed by atoms with E-state index in [1.807, 2.05) is 0 Å². The second-order valence-corrected chi connectivity index (χ2v) is 5.63. The molecule has 0 aliphatic heterocycles. The number of alkyl halides is 1. The van der Waals surface area contributed by atoms with Crippen molar-refractivity contribution in [1.29, 1.82) is 0 Å². The summed E-state index contributed by atoms with van der Waals surface area (Å²) < 4.78 is 0. The number of amides is 3. The second-order valence-electron chi connectivity index (χ2n) is 5.25. The number of carbonyl (C=O) groups excluding carboxylic acids is 2. The van der Waals surface area contributed by atoms with E-state index in [0.717, 1.165) is 19.3 Å². The number of imide groups is 1. The fourth-order valence-corrected chi connectivity index (χ4v) is 2.40. The zero-order valence-corrected chi connectivity index (χ0v) is 11.3. The van der Waals surface area contributed by atoms with Crippen molar-refractivity contribution in [3.8, 4) is 0 Å². The van der Waals surface area contributed by atoms with Crippen molar-refractivity contribution in [2.75, 3.05) is 5.88 Å². The van der Waals surface area contributed by atoms with Gasteiger partial charge in [-0.3, -0.25) is 10.1 Å². The maximum atomic E-state index is 11.6. The molecule has 0 spiro atoms. The molecule has 0 radical (unpaired) electrons. The molecule has 1 aliphatic carbocycles. The molecule has 0 saturated heterocycles. The van der Waals surface area contributed by atoms with Crippen LogP contribution in [-0.4, -0.2) is 23.9 Å². The number of hydrogen-bond acceptors (Lipinski definition) is 2. The van der Waals surface area contributed by atoms with Crippen LogP contribution in [0.5, 0.6) is 0 Å². The van der Waals surface area contributed by atoms with Crippen LogP contribution in [0.1, 0.15) is 46.0 Å². The van der Waals surface area contributed by atoms with Gasteiger partial charge in [-0.05, 0) is 18.3 Å². The van der Waals surface area contributed by atoms with Crippen molar-refractivity contribution in [3.63, 3.8) is 0 Å². The van der Waals surface area contributed by atoms with Crippen molar-refractivity contribution in [2.24, 2.45) is 5.41 Å². The Bertz CT molecular complexity index is 292. The lowest BCUT2D eigenvalue weighted by molar-refractivity contribution is -0.119. The molecule has 0 aromatic carbocycles. The van der Waals surface area contributed by atoms with E-state index in [1.54, 1.807) is 0 Å². The fourth-order valence-electron chi connectivity index (χ4n) is 2.23. The summed E-state index contributed by atoms with van der Waals surface area (Å²) in [5, 5.41) is 5.18. The zero-order chi connectivity index (χ0) is 12.9. The highest BCUT2D eigenvalue weighted by molar-refractivity contribution is 6.19. The van der Waals surface area contributed by atoms with Crippen LogP contribution < -0.4 is 10.6 Å². The number of carbonyl (C=O) groups is 2. The van der Waals surface area contributed by atoms with E-state index in [4.69, 9.17) is 11.6 Å². The molecular weight excluding hydrogens is 240 g/mol. The third kappa shape index (κ3) is 4.54. The summed E-state index contributed by atoms with van der Waals surface area (Å²) in [6.45, 7) is 4.30. The van der Waals surface area contributed by atoms with Gasteiger partial charge in [0.15, 0.2) is 0 Å². The van der Waals surface area contributed by atoms with Crippen molar-refractivity contribution in [3.05, 3.63) is 0 Å². The predicted molar refractivity (Wildman–Crippen MR) is 68.0 cm³/mol. The van der Waals surface area contributed by atoms with Gasteiger partial charge in [0, 0.05) is 18.3 Å². The molecule has 1 aliphatic rings. The van der Waals surface area contributed by atoms with E-state index in [0.29, 0.717) is 0 Å². The van der Waals surface area contributed by atoms with Crippen molar-refractivity contribution < 1.29 is 9.59 Å². The van der Waals surface area contributed by atoms with E-state index >= 15 is 0 Å². The lowest BCUT2D eigenvalue weighted by atomic mass is 9.73. The third-order valence-electron chi connectivity index (χ3n) is 3.39. The van der Waals surface area contributed by atoms with E-state index < -0.39 is 6.03 Å². The summed E-state index contributed by atoms with van der Waals surface area (Å²) in [7, 11) is 0. The van der Waals surface area contributed by atoms with Crippen LogP contribution in [0.15, 0.2) is 0 Å². The highest BCUT2D eigenvalue weighted by atomic mass is 35.5. The maximum Gasteiger partial charge on any atom is 0.321 e. The fraction of sp³-hybridized carbons (Fsp3) is 0.833. The first kappa shape index (κ1) is 14.3. The van der Waals surface area contributed by atoms with Gasteiger partial charge in [0.2, 0.25) is 5.91 Å². The summed E-state index contributed by atoms with van der Waals surface area (Å²) in [5.41, 5.74) is 0.102. The molecule has 1 rings (SSSR count). The molecule has 5 heteroatoms. The summed E-state index contributed by atoms with van der Waals surface area (Å²) in [4.78, 5) is 22.8. The molecular formula is C12H21ClN2O2. The Morgan fingerprint density at radius 3 is 2.65 bits per heavy atom. The van der Waals surface area contributed by atoms with Crippen molar-refractivity contribution in [1.82, 2.24) is 10.6 Å². The first-order valence-electron chi connectivity index (χ1n) is 6.12. The third-order valence-corrected chi connectivity index (χ3v) is 3.58. The Kier molecular flexibility index (Phi) is 5.25. The molecule has 0 heterocycles. The molecule has 0 aromatic rings. The van der Waals surface area contributed by atoms with Gasteiger partial charge >= 0.3 is 6.03 Å². The lowest BCUT2D eigenvalue weighted by Crippen LogP contribution is -2.51. The molecule has 1 unspecified atom stereocenters. The number of rotatable bonds is 3. The molecule has 1 fully saturated rings. The number of urea groups is 1. The molecule has 4 nitrogen and oxygen atoms in total. The molecule has 2 N–H and O–H groups in total. The Morgan fingerprint density at radius 1 is 1.35 bits per heavy atom. The average molecular weight is 261 g/mol. The van der Waals surface area contributed by atoms with E-state index in [9.17, 15) is 9.59 Å². The predicted octanol–water partition coefficient (Wildman–Crippen LogP) is 2.41. The Hall–Kier alpha value is -0.770. The highest BCUT2D eigenvalue weighted by Gasteiger charge is 2.33. The quantitative estimate of drug-likeness (QED) is 0.766. The highest BCUT2D eigenvalue weighted by Crippen LogP contribution is 2.35. The molecule has 17 heavy (non-hydrogen) atoms. The van der Waals surface area contributed by atoms with Crippen LogP contribution >= 0.6 is 11.6 Å². The topological polar surface area (TPSA) is 58.2 Å². The van der Waals surface area contributed by atoms with E-state index in [-0.39, 0.29) is 29.7 Å². The molecule has 1 saturated carbocycles. The normalized spacial score (nSPS) is 22.9. The first-order valence-corrected chi connectivity index (χ1v) is 6.65. The largest absolute Gasteiger partial charge is 0.335 e. The van der Waals surface area contributed by atoms with Gasteiger partial charge < -0.3 is 5.32 Å². The standard InChI is InChI=1S/C12H21ClN2O2/c1-12(2)7-4-3-5-9(12)14-11(17)15-10(16)6-8-13/h9H,3-8H2,1-2H3,(H2,14,15,16,17). The average Bonchev–Trinajstić information content (AvgIpc) is 2.21. The maximum absolute atomic E-state index is 11.6. The summed E-state index contributed by atoms with van der Waals surface area (Å²) >= 11 is 5.42. The first-order chi connectivity index (χ1) is 7.95. The minimum absolute atomic E-state index is 0.102. The van der Waals surface area contributed by atoms with Gasteiger partial charge in [0.25, 0.3) is 0 Å². The van der Waals surface area contributed by atoms with Crippen molar-refractivity contribution >= 4 is 23.5 Å². The Balaban J connectivity index is 2.42. The molecule has 3 amide bonds. The number of nitrogens with one attached hydrogen (secondary N) is 2. The summed E-state index contributed by atoms with van der Waals surface area (Å²) in [6, 6.07) is -0.264. The summed E-state index contributed by atoms with van der Waals surface area (Å²) in [6.07, 6.45) is 4.59. The molecule has 0 aromatic heterocycles. The smallest absolute Gasteiger partial charge is 0.321 e. The van der Waals surface area contributed by atoms with Gasteiger partial charge in [0.05, 0.1) is 0 Å². The van der Waals surface area contributed by atoms with Crippen molar-refractivity contribution in [2.45, 2.75) is 52.0 Å². The number of halogens is 1. The Labute approximate surface area is 107 Å². The number of hydrogen-bond donors (Lipinski definition) is 2. The van der Waals surface area contributed by atoms with Gasteiger partial charge in [0.1, 0.15) is 0 Å². The molecule has 0 bridgehead atoms. The van der Waals surface area contributed by atoms with Crippen LogP contribution in [-0.2, 0) is 4.79 Å². The van der Waals surface area contributed by atoms with Gasteiger partial charge in [-0.1, -0.05) is 26.7 Å². The van der Waals surface area contributed by atoms with Crippen LogP contribution in [0, 0.1) is 5.41 Å². The van der Waals surface area contributed by atoms with Crippen LogP contribution in [0.25, 0.3) is 0 Å². The Morgan fingerprint density at radius 2 is 2.06 bits per heavy atom. The zero-order valence-electron chi connectivity index (χ0n) is 10.5. The second kappa shape index (κ2) is 6.24. The lowest BCUT2D eigenvalue weighted by Gasteiger charge is -2.38. The van der Waals surface area contributed by atoms with Gasteiger partial charge in [-0.25, -0.2) is 4.79 Å². The van der Waals surface area contributed by atoms with Crippen LogP contribution in [0.2, 0.25) is 0 Å². The summed E-state index contributed by atoms with van der Waals surface area (Å²) in [5.74, 6) is -0.0975. The van der Waals surface area contributed by atoms with Gasteiger partial charge in [-0.2, -0.15) is 0 Å². The minimum atomic E-state index is -0.403. The van der Waals surface area contributed by atoms with Crippen LogP contribution in [0.3, 0.4) is 0 Å². The minimum Gasteiger partial charge on any atom is -0.335 e. The monoisotopic (exact) mass is 260 g/mol.